The smallest absolute Gasteiger partial charge is 0.217 e. The molecule has 5 aromatic rings. The van der Waals surface area contributed by atoms with Gasteiger partial charge in [0, 0.05) is 38.3 Å². The van der Waals surface area contributed by atoms with Gasteiger partial charge in [-0.2, -0.15) is 0 Å². The van der Waals surface area contributed by atoms with Crippen molar-refractivity contribution in [1.29, 1.82) is 0 Å². The van der Waals surface area contributed by atoms with Crippen molar-refractivity contribution in [2.45, 2.75) is 6.92 Å². The molecule has 0 saturated carbocycles. The zero-order valence-corrected chi connectivity index (χ0v) is 21.5. The number of aromatic nitrogens is 1. The fourth-order valence-electron chi connectivity index (χ4n) is 4.08. The fourth-order valence-corrected chi connectivity index (χ4v) is 4.08. The average molecular weight is 501 g/mol. The average Bonchev–Trinajstić information content (AvgIpc) is 2.86. The molecule has 5 rings (SSSR count). The van der Waals surface area contributed by atoms with Gasteiger partial charge in [0.25, 0.3) is 0 Å². The van der Waals surface area contributed by atoms with Crippen LogP contribution in [0.2, 0.25) is 0 Å². The lowest BCUT2D eigenvalue weighted by molar-refractivity contribution is -0.354. The van der Waals surface area contributed by atoms with Crippen LogP contribution >= 0.6 is 0 Å². The lowest BCUT2D eigenvalue weighted by Gasteiger charge is -2.11. The third-order valence-electron chi connectivity index (χ3n) is 6.05. The number of rotatable bonds is 4. The summed E-state index contributed by atoms with van der Waals surface area (Å²) in [4.78, 5) is 5.72. The molecule has 0 spiro atoms. The van der Waals surface area contributed by atoms with E-state index in [1.165, 1.54) is 55.0 Å². The first-order valence-corrected chi connectivity index (χ1v) is 12.7. The number of nitrogens with zero attached hydrogens (tertiary/aromatic N) is 1. The number of aromatic amines is 1. The van der Waals surface area contributed by atoms with Crippen LogP contribution in [0.25, 0.3) is 44.6 Å². The van der Waals surface area contributed by atoms with Gasteiger partial charge in [0.2, 0.25) is 15.9 Å². The molecule has 0 radical (unpaired) electrons. The lowest BCUT2D eigenvalue weighted by Crippen LogP contribution is -2.10. The van der Waals surface area contributed by atoms with Gasteiger partial charge in [-0.15, -0.1) is 0 Å². The van der Waals surface area contributed by atoms with E-state index < -0.39 is 10.4 Å². The number of fused-ring (bicyclic) bond motifs is 4. The Morgan fingerprint density at radius 1 is 0.833 bits per heavy atom. The van der Waals surface area contributed by atoms with Crippen LogP contribution in [-0.2, 0) is 14.6 Å². The van der Waals surface area contributed by atoms with E-state index in [0.29, 0.717) is 0 Å². The Morgan fingerprint density at radius 3 is 2.08 bits per heavy atom. The minimum absolute atomic E-state index is 0.808. The van der Waals surface area contributed by atoms with Gasteiger partial charge >= 0.3 is 0 Å². The van der Waals surface area contributed by atoms with Gasteiger partial charge in [0.05, 0.1) is 12.5 Å². The lowest BCUT2D eigenvalue weighted by atomic mass is 9.98. The SMILES string of the molecule is COS(=O)(=O)[O-].Cc1[nH+]c2ccc3cc4ccccc4cc3c2cc1C=Cc1ccc(N(C)C)cc1. The number of anilines is 1. The van der Waals surface area contributed by atoms with Crippen molar-refractivity contribution in [1.82, 2.24) is 0 Å². The fraction of sp³-hybridized carbons (Fsp3) is 0.138. The molecule has 184 valence electrons. The van der Waals surface area contributed by atoms with Crippen molar-refractivity contribution in [2.75, 3.05) is 26.1 Å². The standard InChI is InChI=1S/C28H24N2.CH4O4S/c1-19-21(11-8-20-9-13-25(14-10-20)30(2)3)17-27-26-18-23-7-5-4-6-22(23)16-24(26)12-15-28(27)29-19;1-5-6(2,3)4/h4-18H,1-3H3;1H3,(H,2,3,4). The molecule has 0 unspecified atom stereocenters. The molecule has 1 N–H and O–H groups in total. The Balaban J connectivity index is 0.000000455. The predicted molar refractivity (Wildman–Crippen MR) is 147 cm³/mol. The van der Waals surface area contributed by atoms with Crippen LogP contribution in [0.5, 0.6) is 0 Å². The van der Waals surface area contributed by atoms with Crippen molar-refractivity contribution in [3.63, 3.8) is 0 Å². The summed E-state index contributed by atoms with van der Waals surface area (Å²) in [7, 11) is 0.520. The third-order valence-corrected chi connectivity index (χ3v) is 6.46. The van der Waals surface area contributed by atoms with Crippen molar-refractivity contribution < 1.29 is 22.1 Å². The third kappa shape index (κ3) is 5.88. The first-order chi connectivity index (χ1) is 17.1. The monoisotopic (exact) mass is 500 g/mol. The van der Waals surface area contributed by atoms with Gasteiger partial charge in [-0.1, -0.05) is 42.5 Å². The number of aryl methyl sites for hydroxylation is 1. The van der Waals surface area contributed by atoms with E-state index in [9.17, 15) is 13.0 Å². The van der Waals surface area contributed by atoms with Gasteiger partial charge in [0.1, 0.15) is 0 Å². The van der Waals surface area contributed by atoms with E-state index >= 15 is 0 Å². The summed E-state index contributed by atoms with van der Waals surface area (Å²) >= 11 is 0. The van der Waals surface area contributed by atoms with Gasteiger partial charge < -0.3 is 9.45 Å². The molecular weight excluding hydrogens is 472 g/mol. The van der Waals surface area contributed by atoms with E-state index in [2.05, 4.69) is 126 Å². The first-order valence-electron chi connectivity index (χ1n) is 11.4. The maximum absolute atomic E-state index is 9.22. The highest BCUT2D eigenvalue weighted by molar-refractivity contribution is 7.80. The van der Waals surface area contributed by atoms with E-state index in [0.717, 1.165) is 7.11 Å². The van der Waals surface area contributed by atoms with Crippen LogP contribution in [-0.4, -0.2) is 34.2 Å². The Bertz CT molecular complexity index is 1680. The Kier molecular flexibility index (Phi) is 7.35. The highest BCUT2D eigenvalue weighted by Gasteiger charge is 2.11. The number of hydrogen-bond donors (Lipinski definition) is 0. The molecule has 0 fully saturated rings. The Morgan fingerprint density at radius 2 is 1.47 bits per heavy atom. The van der Waals surface area contributed by atoms with Crippen molar-refractivity contribution in [2.24, 2.45) is 0 Å². The number of hydrogen-bond acceptors (Lipinski definition) is 5. The van der Waals surface area contributed by atoms with Crippen LogP contribution in [0, 0.1) is 6.92 Å². The molecule has 0 saturated heterocycles. The number of nitrogens with one attached hydrogen (secondary N) is 1. The van der Waals surface area contributed by atoms with E-state index in [1.807, 2.05) is 0 Å². The van der Waals surface area contributed by atoms with E-state index in [1.54, 1.807) is 0 Å². The van der Waals surface area contributed by atoms with E-state index in [-0.39, 0.29) is 0 Å². The largest absolute Gasteiger partial charge is 0.726 e. The molecule has 36 heavy (non-hydrogen) atoms. The minimum Gasteiger partial charge on any atom is -0.726 e. The van der Waals surface area contributed by atoms with Gasteiger partial charge in [-0.05, 0) is 69.6 Å². The maximum atomic E-state index is 9.22. The summed E-state index contributed by atoms with van der Waals surface area (Å²) in [6, 6.07) is 28.5. The molecule has 0 amide bonds. The van der Waals surface area contributed by atoms with Crippen molar-refractivity contribution >= 4 is 60.7 Å². The molecule has 0 bridgehead atoms. The number of benzene rings is 4. The minimum atomic E-state index is -4.41. The second-order valence-corrected chi connectivity index (χ2v) is 9.84. The molecule has 0 aliphatic rings. The number of H-pyrrole nitrogens is 1. The van der Waals surface area contributed by atoms with Crippen LogP contribution in [0.1, 0.15) is 16.8 Å². The zero-order chi connectivity index (χ0) is 25.9. The summed E-state index contributed by atoms with van der Waals surface area (Å²) in [6.45, 7) is 2.14. The summed E-state index contributed by atoms with van der Waals surface area (Å²) in [5.41, 5.74) is 5.96. The normalized spacial score (nSPS) is 11.7. The predicted octanol–water partition coefficient (Wildman–Crippen LogP) is 5.60. The molecule has 0 atom stereocenters. The van der Waals surface area contributed by atoms with Crippen molar-refractivity contribution in [3.8, 4) is 0 Å². The molecule has 7 heteroatoms. The molecular formula is C29H28N2O4S. The number of pyridine rings is 1. The van der Waals surface area contributed by atoms with E-state index in [4.69, 9.17) is 0 Å². The second-order valence-electron chi connectivity index (χ2n) is 8.69. The maximum Gasteiger partial charge on any atom is 0.217 e. The van der Waals surface area contributed by atoms with Crippen LogP contribution in [0.4, 0.5) is 5.69 Å². The molecule has 0 aliphatic heterocycles. The summed E-state index contributed by atoms with van der Waals surface area (Å²) in [5, 5.41) is 6.37. The summed E-state index contributed by atoms with van der Waals surface area (Å²) in [5.74, 6) is 0. The summed E-state index contributed by atoms with van der Waals surface area (Å²) in [6.07, 6.45) is 4.39. The van der Waals surface area contributed by atoms with Crippen LogP contribution < -0.4 is 9.88 Å². The van der Waals surface area contributed by atoms with Gasteiger partial charge in [0.15, 0.2) is 5.69 Å². The quantitative estimate of drug-likeness (QED) is 0.139. The Hall–Kier alpha value is -3.78. The molecule has 4 aromatic carbocycles. The Labute approximate surface area is 211 Å². The highest BCUT2D eigenvalue weighted by atomic mass is 32.3. The van der Waals surface area contributed by atoms with Gasteiger partial charge in [-0.25, -0.2) is 13.4 Å². The first kappa shape index (κ1) is 25.3. The van der Waals surface area contributed by atoms with Crippen LogP contribution in [0.3, 0.4) is 0 Å². The molecule has 6 nitrogen and oxygen atoms in total. The molecule has 1 heterocycles. The second kappa shape index (κ2) is 10.5. The topological polar surface area (TPSA) is 83.8 Å². The molecule has 0 aliphatic carbocycles. The molecule has 1 aromatic heterocycles. The van der Waals surface area contributed by atoms with Crippen LogP contribution in [0.15, 0.2) is 78.9 Å². The van der Waals surface area contributed by atoms with Crippen molar-refractivity contribution in [3.05, 3.63) is 95.7 Å². The highest BCUT2D eigenvalue weighted by Crippen LogP contribution is 2.29. The summed E-state index contributed by atoms with van der Waals surface area (Å²) < 4.78 is 31.0. The zero-order valence-electron chi connectivity index (χ0n) is 20.6. The van der Waals surface area contributed by atoms with Gasteiger partial charge in [-0.3, -0.25) is 4.18 Å².